The van der Waals surface area contributed by atoms with Crippen molar-refractivity contribution >= 4 is 5.96 Å². The zero-order valence-electron chi connectivity index (χ0n) is 17.1. The number of aromatic nitrogens is 2. The van der Waals surface area contributed by atoms with Gasteiger partial charge >= 0.3 is 0 Å². The van der Waals surface area contributed by atoms with Crippen LogP contribution >= 0.6 is 0 Å². The van der Waals surface area contributed by atoms with Crippen molar-refractivity contribution in [2.45, 2.75) is 19.1 Å². The Labute approximate surface area is 166 Å². The molecule has 2 heterocycles. The number of ether oxygens (including phenoxy) is 2. The SMILES string of the molecule is CCNC(=NCC(c1cnn(C)c1)N(C)C)NCC1COc2ccccc2O1. The van der Waals surface area contributed by atoms with Gasteiger partial charge in [-0.05, 0) is 33.2 Å². The quantitative estimate of drug-likeness (QED) is 0.554. The van der Waals surface area contributed by atoms with E-state index in [9.17, 15) is 0 Å². The van der Waals surface area contributed by atoms with Crippen LogP contribution in [-0.4, -0.2) is 67.1 Å². The average Bonchev–Trinajstić information content (AvgIpc) is 3.11. The molecule has 2 aromatic rings. The fraction of sp³-hybridized carbons (Fsp3) is 0.500. The van der Waals surface area contributed by atoms with Gasteiger partial charge in [0.15, 0.2) is 17.5 Å². The van der Waals surface area contributed by atoms with Gasteiger partial charge in [-0.3, -0.25) is 9.67 Å². The Bertz CT molecular complexity index is 789. The van der Waals surface area contributed by atoms with Crippen molar-refractivity contribution in [2.24, 2.45) is 12.0 Å². The summed E-state index contributed by atoms with van der Waals surface area (Å²) >= 11 is 0. The molecule has 2 unspecified atom stereocenters. The Balaban J connectivity index is 1.59. The fourth-order valence-electron chi connectivity index (χ4n) is 3.07. The van der Waals surface area contributed by atoms with Crippen LogP contribution in [0.2, 0.25) is 0 Å². The van der Waals surface area contributed by atoms with Crippen molar-refractivity contribution in [2.75, 3.05) is 40.3 Å². The number of rotatable bonds is 7. The molecule has 2 N–H and O–H groups in total. The van der Waals surface area contributed by atoms with E-state index in [4.69, 9.17) is 14.5 Å². The summed E-state index contributed by atoms with van der Waals surface area (Å²) in [6.07, 6.45) is 3.86. The number of benzene rings is 1. The molecule has 1 aromatic heterocycles. The largest absolute Gasteiger partial charge is 0.486 e. The minimum Gasteiger partial charge on any atom is -0.486 e. The van der Waals surface area contributed by atoms with E-state index in [0.29, 0.717) is 19.7 Å². The van der Waals surface area contributed by atoms with Crippen LogP contribution in [0.3, 0.4) is 0 Å². The van der Waals surface area contributed by atoms with E-state index in [2.05, 4.69) is 41.7 Å². The van der Waals surface area contributed by atoms with E-state index < -0.39 is 0 Å². The van der Waals surface area contributed by atoms with Gasteiger partial charge < -0.3 is 25.0 Å². The van der Waals surface area contributed by atoms with Gasteiger partial charge in [-0.1, -0.05) is 12.1 Å². The predicted octanol–water partition coefficient (Wildman–Crippen LogP) is 1.42. The first-order valence-electron chi connectivity index (χ1n) is 9.62. The van der Waals surface area contributed by atoms with Gasteiger partial charge in [-0.15, -0.1) is 0 Å². The summed E-state index contributed by atoms with van der Waals surface area (Å²) in [6, 6.07) is 7.90. The summed E-state index contributed by atoms with van der Waals surface area (Å²) in [5.74, 6) is 2.34. The minimum atomic E-state index is -0.0678. The number of aliphatic imine (C=N–C) groups is 1. The summed E-state index contributed by atoms with van der Waals surface area (Å²) in [5, 5.41) is 10.9. The molecule has 0 radical (unpaired) electrons. The lowest BCUT2D eigenvalue weighted by molar-refractivity contribution is 0.0936. The van der Waals surface area contributed by atoms with Crippen LogP contribution in [0.4, 0.5) is 0 Å². The molecular weight excluding hydrogens is 356 g/mol. The Kier molecular flexibility index (Phi) is 6.76. The molecule has 28 heavy (non-hydrogen) atoms. The van der Waals surface area contributed by atoms with Gasteiger partial charge in [0, 0.05) is 25.4 Å². The highest BCUT2D eigenvalue weighted by atomic mass is 16.6. The van der Waals surface area contributed by atoms with Crippen LogP contribution in [0.1, 0.15) is 18.5 Å². The normalized spacial score (nSPS) is 17.5. The molecule has 0 saturated heterocycles. The number of guanidine groups is 1. The lowest BCUT2D eigenvalue weighted by Crippen LogP contribution is -2.45. The smallest absolute Gasteiger partial charge is 0.191 e. The summed E-state index contributed by atoms with van der Waals surface area (Å²) in [7, 11) is 6.03. The highest BCUT2D eigenvalue weighted by molar-refractivity contribution is 5.79. The van der Waals surface area contributed by atoms with Gasteiger partial charge in [0.05, 0.1) is 25.3 Å². The lowest BCUT2D eigenvalue weighted by Gasteiger charge is -2.27. The Morgan fingerprint density at radius 2 is 2.11 bits per heavy atom. The van der Waals surface area contributed by atoms with E-state index >= 15 is 0 Å². The minimum absolute atomic E-state index is 0.0678. The summed E-state index contributed by atoms with van der Waals surface area (Å²) < 4.78 is 13.6. The zero-order valence-corrected chi connectivity index (χ0v) is 17.1. The first-order chi connectivity index (χ1) is 13.6. The standard InChI is InChI=1S/C20H30N6O2/c1-5-21-20(23-12-17(25(2)3)15-10-24-26(4)13-15)22-11-16-14-27-18-8-6-7-9-19(18)28-16/h6-10,13,16-17H,5,11-12,14H2,1-4H3,(H2,21,22,23). The van der Waals surface area contributed by atoms with E-state index in [1.54, 1.807) is 0 Å². The summed E-state index contributed by atoms with van der Waals surface area (Å²) in [4.78, 5) is 6.92. The number of para-hydroxylation sites is 2. The molecule has 0 fully saturated rings. The Hall–Kier alpha value is -2.74. The maximum absolute atomic E-state index is 6.01. The van der Waals surface area contributed by atoms with Crippen molar-refractivity contribution in [3.8, 4) is 11.5 Å². The Morgan fingerprint density at radius 3 is 2.79 bits per heavy atom. The maximum Gasteiger partial charge on any atom is 0.191 e. The van der Waals surface area contributed by atoms with Crippen LogP contribution in [0.5, 0.6) is 11.5 Å². The van der Waals surface area contributed by atoms with Crippen LogP contribution in [-0.2, 0) is 7.05 Å². The number of likely N-dealkylation sites (N-methyl/N-ethyl adjacent to an activating group) is 1. The van der Waals surface area contributed by atoms with Crippen molar-refractivity contribution < 1.29 is 9.47 Å². The van der Waals surface area contributed by atoms with Crippen LogP contribution in [0.15, 0.2) is 41.7 Å². The first-order valence-corrected chi connectivity index (χ1v) is 9.62. The molecule has 0 saturated carbocycles. The molecule has 1 aliphatic heterocycles. The van der Waals surface area contributed by atoms with Crippen molar-refractivity contribution in [1.29, 1.82) is 0 Å². The molecule has 1 aliphatic rings. The highest BCUT2D eigenvalue weighted by Crippen LogP contribution is 2.30. The number of hydrogen-bond acceptors (Lipinski definition) is 5. The second-order valence-corrected chi connectivity index (χ2v) is 7.02. The van der Waals surface area contributed by atoms with Gasteiger partial charge in [0.25, 0.3) is 0 Å². The fourth-order valence-corrected chi connectivity index (χ4v) is 3.07. The van der Waals surface area contributed by atoms with Crippen molar-refractivity contribution in [3.05, 3.63) is 42.2 Å². The lowest BCUT2D eigenvalue weighted by atomic mass is 10.1. The third kappa shape index (κ3) is 5.16. The second kappa shape index (κ2) is 9.45. The van der Waals surface area contributed by atoms with Gasteiger partial charge in [-0.2, -0.15) is 5.10 Å². The van der Waals surface area contributed by atoms with Crippen molar-refractivity contribution in [3.63, 3.8) is 0 Å². The zero-order chi connectivity index (χ0) is 19.9. The highest BCUT2D eigenvalue weighted by Gasteiger charge is 2.21. The van der Waals surface area contributed by atoms with Crippen LogP contribution < -0.4 is 20.1 Å². The van der Waals surface area contributed by atoms with Crippen LogP contribution in [0.25, 0.3) is 0 Å². The number of nitrogens with one attached hydrogen (secondary N) is 2. The molecule has 2 atom stereocenters. The predicted molar refractivity (Wildman–Crippen MR) is 110 cm³/mol. The van der Waals surface area contributed by atoms with Gasteiger partial charge in [-0.25, -0.2) is 0 Å². The molecule has 8 heteroatoms. The van der Waals surface area contributed by atoms with Gasteiger partial charge in [0.1, 0.15) is 12.7 Å². The van der Waals surface area contributed by atoms with E-state index in [1.165, 1.54) is 0 Å². The second-order valence-electron chi connectivity index (χ2n) is 7.02. The molecule has 0 spiro atoms. The molecule has 1 aromatic carbocycles. The number of aryl methyl sites for hydroxylation is 1. The number of hydrogen-bond donors (Lipinski definition) is 2. The molecule has 3 rings (SSSR count). The van der Waals surface area contributed by atoms with Crippen LogP contribution in [0, 0.1) is 0 Å². The molecule has 0 aliphatic carbocycles. The number of fused-ring (bicyclic) bond motifs is 1. The van der Waals surface area contributed by atoms with Crippen molar-refractivity contribution in [1.82, 2.24) is 25.3 Å². The van der Waals surface area contributed by atoms with E-state index in [0.717, 1.165) is 29.6 Å². The third-order valence-electron chi connectivity index (χ3n) is 4.56. The molecular formula is C20H30N6O2. The van der Waals surface area contributed by atoms with E-state index in [1.807, 2.05) is 48.4 Å². The van der Waals surface area contributed by atoms with Gasteiger partial charge in [0.2, 0.25) is 0 Å². The topological polar surface area (TPSA) is 75.9 Å². The third-order valence-corrected chi connectivity index (χ3v) is 4.56. The number of nitrogens with zero attached hydrogens (tertiary/aromatic N) is 4. The molecule has 8 nitrogen and oxygen atoms in total. The average molecular weight is 387 g/mol. The Morgan fingerprint density at radius 1 is 1.32 bits per heavy atom. The first kappa shape index (κ1) is 20.0. The van der Waals surface area contributed by atoms with E-state index in [-0.39, 0.29) is 12.1 Å². The monoisotopic (exact) mass is 386 g/mol. The summed E-state index contributed by atoms with van der Waals surface area (Å²) in [6.45, 7) is 4.59. The maximum atomic E-state index is 6.01. The molecule has 0 amide bonds. The summed E-state index contributed by atoms with van der Waals surface area (Å²) in [5.41, 5.74) is 1.15. The molecule has 152 valence electrons. The molecule has 0 bridgehead atoms.